The van der Waals surface area contributed by atoms with Gasteiger partial charge in [-0.25, -0.2) is 14.5 Å². The van der Waals surface area contributed by atoms with Crippen molar-refractivity contribution < 1.29 is 9.90 Å². The van der Waals surface area contributed by atoms with E-state index in [0.29, 0.717) is 12.2 Å². The van der Waals surface area contributed by atoms with Crippen molar-refractivity contribution in [2.24, 2.45) is 0 Å². The smallest absolute Gasteiger partial charge is 0.358 e. The van der Waals surface area contributed by atoms with Crippen LogP contribution in [0.25, 0.3) is 10.6 Å². The monoisotopic (exact) mass is 312 g/mol. The molecule has 0 fully saturated rings. The van der Waals surface area contributed by atoms with Gasteiger partial charge in [-0.1, -0.05) is 12.1 Å². The molecule has 0 aliphatic rings. The highest BCUT2D eigenvalue weighted by molar-refractivity contribution is 7.99. The molecule has 1 N–H and O–H groups in total. The van der Waals surface area contributed by atoms with E-state index < -0.39 is 5.97 Å². The van der Waals surface area contributed by atoms with E-state index in [-0.39, 0.29) is 5.69 Å². The van der Waals surface area contributed by atoms with Crippen molar-refractivity contribution in [1.82, 2.24) is 20.0 Å². The van der Waals surface area contributed by atoms with Crippen LogP contribution in [0.4, 0.5) is 0 Å². The van der Waals surface area contributed by atoms with Crippen LogP contribution in [0.5, 0.6) is 0 Å². The van der Waals surface area contributed by atoms with Gasteiger partial charge in [0.15, 0.2) is 5.69 Å². The third-order valence-corrected chi connectivity index (χ3v) is 4.67. The molecular weight excluding hydrogens is 296 g/mol. The van der Waals surface area contributed by atoms with E-state index in [1.807, 2.05) is 13.8 Å². The molecule has 0 amide bonds. The fourth-order valence-electron chi connectivity index (χ4n) is 1.88. The Labute approximate surface area is 125 Å². The Balaban J connectivity index is 2.44. The summed E-state index contributed by atoms with van der Waals surface area (Å²) in [5.74, 6) is 0.844. The minimum Gasteiger partial charge on any atom is -0.476 e. The van der Waals surface area contributed by atoms with E-state index in [9.17, 15) is 9.90 Å². The fourth-order valence-corrected chi connectivity index (χ4v) is 3.45. The molecule has 0 bridgehead atoms. The van der Waals surface area contributed by atoms with Gasteiger partial charge in [-0.3, -0.25) is 0 Å². The van der Waals surface area contributed by atoms with Crippen LogP contribution in [0.15, 0.2) is 0 Å². The van der Waals surface area contributed by atoms with Gasteiger partial charge in [-0.15, -0.1) is 16.4 Å². The standard InChI is InChI=1S/C12H16N4O2S2/c1-4-19-6-5-16-10(9(12(17)18)14-15-16)11-7(2)13-8(3)20-11/h4-6H2,1-3H3,(H,17,18). The zero-order valence-electron chi connectivity index (χ0n) is 11.6. The molecule has 0 spiro atoms. The average Bonchev–Trinajstić information content (AvgIpc) is 2.93. The molecule has 0 aliphatic carbocycles. The molecule has 2 aromatic heterocycles. The Hall–Kier alpha value is -1.41. The lowest BCUT2D eigenvalue weighted by atomic mass is 10.2. The summed E-state index contributed by atoms with van der Waals surface area (Å²) in [7, 11) is 0. The minimum atomic E-state index is -1.06. The highest BCUT2D eigenvalue weighted by Crippen LogP contribution is 2.31. The summed E-state index contributed by atoms with van der Waals surface area (Å²) in [6.45, 7) is 6.52. The van der Waals surface area contributed by atoms with Crippen molar-refractivity contribution in [3.05, 3.63) is 16.4 Å². The minimum absolute atomic E-state index is 0.00162. The number of aryl methyl sites for hydroxylation is 3. The molecular formula is C12H16N4O2S2. The molecule has 0 radical (unpaired) electrons. The first-order chi connectivity index (χ1) is 9.54. The predicted octanol–water partition coefficient (Wildman–Crippen LogP) is 2.47. The number of carboxylic acid groups (broad SMARTS) is 1. The second-order valence-corrected chi connectivity index (χ2v) is 6.76. The summed E-state index contributed by atoms with van der Waals surface area (Å²) in [6.07, 6.45) is 0. The zero-order valence-corrected chi connectivity index (χ0v) is 13.2. The molecule has 2 heterocycles. The summed E-state index contributed by atoms with van der Waals surface area (Å²) in [4.78, 5) is 16.5. The average molecular weight is 312 g/mol. The Morgan fingerprint density at radius 1 is 1.45 bits per heavy atom. The molecule has 0 unspecified atom stereocenters. The summed E-state index contributed by atoms with van der Waals surface area (Å²) < 4.78 is 1.67. The molecule has 2 aromatic rings. The second kappa shape index (κ2) is 6.36. The highest BCUT2D eigenvalue weighted by atomic mass is 32.2. The molecule has 2 rings (SSSR count). The number of aromatic nitrogens is 4. The van der Waals surface area contributed by atoms with Crippen molar-refractivity contribution in [3.8, 4) is 10.6 Å². The van der Waals surface area contributed by atoms with Gasteiger partial charge in [0.1, 0.15) is 5.69 Å². The number of carbonyl (C=O) groups is 1. The maximum absolute atomic E-state index is 11.3. The van der Waals surface area contributed by atoms with Crippen LogP contribution in [0, 0.1) is 13.8 Å². The van der Waals surface area contributed by atoms with E-state index in [0.717, 1.165) is 27.1 Å². The third kappa shape index (κ3) is 3.01. The highest BCUT2D eigenvalue weighted by Gasteiger charge is 2.23. The Morgan fingerprint density at radius 2 is 2.20 bits per heavy atom. The van der Waals surface area contributed by atoms with Gasteiger partial charge in [-0.05, 0) is 19.6 Å². The molecule has 6 nitrogen and oxygen atoms in total. The first kappa shape index (κ1) is 15.0. The van der Waals surface area contributed by atoms with Crippen LogP contribution in [0.3, 0.4) is 0 Å². The third-order valence-electron chi connectivity index (χ3n) is 2.71. The first-order valence-corrected chi connectivity index (χ1v) is 8.20. The van der Waals surface area contributed by atoms with E-state index in [1.165, 1.54) is 11.3 Å². The Morgan fingerprint density at radius 3 is 2.75 bits per heavy atom. The zero-order chi connectivity index (χ0) is 14.7. The Bertz CT molecular complexity index is 621. The second-order valence-electron chi connectivity index (χ2n) is 4.16. The van der Waals surface area contributed by atoms with Crippen molar-refractivity contribution in [2.45, 2.75) is 27.3 Å². The van der Waals surface area contributed by atoms with Crippen LogP contribution >= 0.6 is 23.1 Å². The van der Waals surface area contributed by atoms with Gasteiger partial charge in [0.05, 0.1) is 22.1 Å². The van der Waals surface area contributed by atoms with Crippen LogP contribution in [0.2, 0.25) is 0 Å². The van der Waals surface area contributed by atoms with Crippen LogP contribution in [0.1, 0.15) is 28.1 Å². The molecule has 0 aromatic carbocycles. The van der Waals surface area contributed by atoms with Crippen LogP contribution < -0.4 is 0 Å². The normalized spacial score (nSPS) is 10.9. The van der Waals surface area contributed by atoms with Crippen molar-refractivity contribution in [2.75, 3.05) is 11.5 Å². The molecule has 108 valence electrons. The summed E-state index contributed by atoms with van der Waals surface area (Å²) in [6, 6.07) is 0. The lowest BCUT2D eigenvalue weighted by Crippen LogP contribution is -2.06. The van der Waals surface area contributed by atoms with E-state index in [4.69, 9.17) is 0 Å². The summed E-state index contributed by atoms with van der Waals surface area (Å²) >= 11 is 3.26. The molecule has 0 saturated carbocycles. The van der Waals surface area contributed by atoms with Gasteiger partial charge in [0.2, 0.25) is 0 Å². The number of thiazole rings is 1. The molecule has 0 aliphatic heterocycles. The quantitative estimate of drug-likeness (QED) is 0.825. The number of aromatic carboxylic acids is 1. The predicted molar refractivity (Wildman–Crippen MR) is 80.6 cm³/mol. The molecule has 0 saturated heterocycles. The SMILES string of the molecule is CCSCCn1nnc(C(=O)O)c1-c1sc(C)nc1C. The maximum atomic E-state index is 11.3. The number of carboxylic acids is 1. The van der Waals surface area contributed by atoms with Crippen LogP contribution in [-0.2, 0) is 6.54 Å². The van der Waals surface area contributed by atoms with Crippen LogP contribution in [-0.4, -0.2) is 42.6 Å². The topological polar surface area (TPSA) is 80.9 Å². The van der Waals surface area contributed by atoms with Crippen molar-refractivity contribution in [1.29, 1.82) is 0 Å². The van der Waals surface area contributed by atoms with Crippen molar-refractivity contribution in [3.63, 3.8) is 0 Å². The van der Waals surface area contributed by atoms with Crippen molar-refractivity contribution >= 4 is 29.1 Å². The number of hydrogen-bond acceptors (Lipinski definition) is 6. The van der Waals surface area contributed by atoms with Gasteiger partial charge in [0, 0.05) is 5.75 Å². The van der Waals surface area contributed by atoms with Gasteiger partial charge < -0.3 is 5.11 Å². The number of rotatable bonds is 6. The van der Waals surface area contributed by atoms with E-state index in [2.05, 4.69) is 22.2 Å². The molecule has 8 heteroatoms. The lowest BCUT2D eigenvalue weighted by Gasteiger charge is -2.05. The lowest BCUT2D eigenvalue weighted by molar-refractivity contribution is 0.0691. The van der Waals surface area contributed by atoms with E-state index >= 15 is 0 Å². The Kier molecular flexibility index (Phi) is 4.77. The first-order valence-electron chi connectivity index (χ1n) is 6.23. The largest absolute Gasteiger partial charge is 0.476 e. The van der Waals surface area contributed by atoms with Gasteiger partial charge in [-0.2, -0.15) is 11.8 Å². The number of nitrogens with zero attached hydrogens (tertiary/aromatic N) is 4. The fraction of sp³-hybridized carbons (Fsp3) is 0.500. The maximum Gasteiger partial charge on any atom is 0.358 e. The molecule has 20 heavy (non-hydrogen) atoms. The number of thioether (sulfide) groups is 1. The summed E-state index contributed by atoms with van der Waals surface area (Å²) in [5, 5.41) is 18.0. The summed E-state index contributed by atoms with van der Waals surface area (Å²) in [5.41, 5.74) is 1.39. The molecule has 0 atom stereocenters. The van der Waals surface area contributed by atoms with Gasteiger partial charge >= 0.3 is 5.97 Å². The van der Waals surface area contributed by atoms with E-state index in [1.54, 1.807) is 16.4 Å². The number of hydrogen-bond donors (Lipinski definition) is 1. The van der Waals surface area contributed by atoms with Gasteiger partial charge in [0.25, 0.3) is 0 Å².